The van der Waals surface area contributed by atoms with Crippen LogP contribution in [0.2, 0.25) is 0 Å². The Balaban J connectivity index is 1.95. The van der Waals surface area contributed by atoms with Gasteiger partial charge in [0.1, 0.15) is 5.82 Å². The van der Waals surface area contributed by atoms with Crippen LogP contribution in [0.5, 0.6) is 0 Å². The van der Waals surface area contributed by atoms with E-state index in [0.717, 1.165) is 13.0 Å². The second-order valence-corrected chi connectivity index (χ2v) is 5.89. The van der Waals surface area contributed by atoms with Gasteiger partial charge in [0.05, 0.1) is 0 Å². The molecule has 112 valence electrons. The van der Waals surface area contributed by atoms with E-state index in [1.165, 1.54) is 10.9 Å². The van der Waals surface area contributed by atoms with E-state index >= 15 is 0 Å². The Kier molecular flexibility index (Phi) is 5.30. The number of amidine groups is 1. The third-order valence-electron chi connectivity index (χ3n) is 3.22. The molecule has 1 heterocycles. The molecule has 0 bridgehead atoms. The molecule has 2 rings (SSSR count). The van der Waals surface area contributed by atoms with E-state index in [9.17, 15) is 4.39 Å². The highest BCUT2D eigenvalue weighted by atomic mass is 32.1. The Morgan fingerprint density at radius 1 is 1.43 bits per heavy atom. The molecule has 0 fully saturated rings. The van der Waals surface area contributed by atoms with Gasteiger partial charge in [-0.2, -0.15) is 0 Å². The molecule has 0 amide bonds. The number of oxime groups is 1. The van der Waals surface area contributed by atoms with Crippen molar-refractivity contribution in [3.8, 4) is 0 Å². The number of thiophene rings is 1. The minimum absolute atomic E-state index is 0.0912. The third-order valence-corrected chi connectivity index (χ3v) is 4.15. The summed E-state index contributed by atoms with van der Waals surface area (Å²) in [6, 6.07) is 8.75. The van der Waals surface area contributed by atoms with Gasteiger partial charge >= 0.3 is 0 Å². The van der Waals surface area contributed by atoms with E-state index in [1.807, 2.05) is 13.1 Å². The molecule has 3 N–H and O–H groups in total. The normalized spacial score (nSPS) is 12.0. The van der Waals surface area contributed by atoms with Gasteiger partial charge in [-0.3, -0.25) is 0 Å². The van der Waals surface area contributed by atoms with Crippen LogP contribution in [0.15, 0.2) is 40.9 Å². The van der Waals surface area contributed by atoms with Crippen molar-refractivity contribution < 1.29 is 9.60 Å². The summed E-state index contributed by atoms with van der Waals surface area (Å²) in [5, 5.41) is 13.5. The lowest BCUT2D eigenvalue weighted by molar-refractivity contribution is 0.318. The number of nitrogens with zero attached hydrogens (tertiary/aromatic N) is 2. The Labute approximate surface area is 127 Å². The fourth-order valence-electron chi connectivity index (χ4n) is 2.02. The zero-order valence-corrected chi connectivity index (χ0v) is 12.6. The fraction of sp³-hybridized carbons (Fsp3) is 0.267. The zero-order valence-electron chi connectivity index (χ0n) is 11.8. The first kappa shape index (κ1) is 15.5. The van der Waals surface area contributed by atoms with E-state index in [-0.39, 0.29) is 11.7 Å². The minimum atomic E-state index is -0.345. The van der Waals surface area contributed by atoms with Crippen molar-refractivity contribution in [1.29, 1.82) is 0 Å². The van der Waals surface area contributed by atoms with Crippen LogP contribution < -0.4 is 5.73 Å². The lowest BCUT2D eigenvalue weighted by Crippen LogP contribution is -2.21. The zero-order chi connectivity index (χ0) is 15.2. The summed E-state index contributed by atoms with van der Waals surface area (Å²) in [5.41, 5.74) is 6.41. The highest BCUT2D eigenvalue weighted by Crippen LogP contribution is 2.14. The summed E-state index contributed by atoms with van der Waals surface area (Å²) in [5.74, 6) is -0.437. The first-order chi connectivity index (χ1) is 10.1. The van der Waals surface area contributed by atoms with Crippen LogP contribution in [-0.4, -0.2) is 29.5 Å². The van der Waals surface area contributed by atoms with Crippen molar-refractivity contribution in [2.75, 3.05) is 13.6 Å². The van der Waals surface area contributed by atoms with Crippen molar-refractivity contribution in [3.05, 3.63) is 57.5 Å². The molecular formula is C15H18FN3OS. The summed E-state index contributed by atoms with van der Waals surface area (Å²) in [7, 11) is 1.96. The van der Waals surface area contributed by atoms with E-state index in [0.29, 0.717) is 17.7 Å². The number of likely N-dealkylation sites (N-methyl/N-ethyl adjacent to an activating group) is 1. The first-order valence-electron chi connectivity index (χ1n) is 6.57. The van der Waals surface area contributed by atoms with Gasteiger partial charge in [0, 0.05) is 29.1 Å². The van der Waals surface area contributed by atoms with E-state index in [1.54, 1.807) is 23.5 Å². The summed E-state index contributed by atoms with van der Waals surface area (Å²) in [4.78, 5) is 3.39. The first-order valence-corrected chi connectivity index (χ1v) is 7.45. The number of halogens is 1. The average Bonchev–Trinajstić information content (AvgIpc) is 2.99. The lowest BCUT2D eigenvalue weighted by atomic mass is 10.1. The van der Waals surface area contributed by atoms with Gasteiger partial charge in [-0.25, -0.2) is 4.39 Å². The molecule has 0 unspecified atom stereocenters. The van der Waals surface area contributed by atoms with Gasteiger partial charge in [-0.05, 0) is 31.0 Å². The summed E-state index contributed by atoms with van der Waals surface area (Å²) < 4.78 is 14.0. The van der Waals surface area contributed by atoms with Gasteiger partial charge < -0.3 is 15.8 Å². The van der Waals surface area contributed by atoms with Gasteiger partial charge in [0.2, 0.25) is 0 Å². The highest BCUT2D eigenvalue weighted by molar-refractivity contribution is 7.09. The number of hydrogen-bond acceptors (Lipinski definition) is 4. The molecule has 21 heavy (non-hydrogen) atoms. The van der Waals surface area contributed by atoms with Crippen LogP contribution in [0.1, 0.15) is 16.0 Å². The van der Waals surface area contributed by atoms with E-state index in [4.69, 9.17) is 10.9 Å². The molecule has 0 aliphatic heterocycles. The molecule has 1 aromatic heterocycles. The maximum absolute atomic E-state index is 14.0. The molecule has 6 heteroatoms. The molecule has 0 aliphatic rings. The van der Waals surface area contributed by atoms with Crippen molar-refractivity contribution in [2.24, 2.45) is 10.9 Å². The summed E-state index contributed by atoms with van der Waals surface area (Å²) in [6.07, 6.45) is 0.956. The average molecular weight is 307 g/mol. The van der Waals surface area contributed by atoms with Crippen molar-refractivity contribution >= 4 is 17.2 Å². The standard InChI is InChI=1S/C15H18FN3OS/c1-19(7-6-13-3-2-8-21-13)10-12-5-4-11(9-14(12)16)15(17)18-20/h2-5,8-9,20H,6-7,10H2,1H3,(H2,17,18). The Morgan fingerprint density at radius 2 is 2.24 bits per heavy atom. The summed E-state index contributed by atoms with van der Waals surface area (Å²) >= 11 is 1.73. The van der Waals surface area contributed by atoms with Crippen LogP contribution in [0, 0.1) is 5.82 Å². The van der Waals surface area contributed by atoms with Crippen LogP contribution in [0.4, 0.5) is 4.39 Å². The van der Waals surface area contributed by atoms with Crippen molar-refractivity contribution in [3.63, 3.8) is 0 Å². The van der Waals surface area contributed by atoms with Crippen molar-refractivity contribution in [2.45, 2.75) is 13.0 Å². The quantitative estimate of drug-likeness (QED) is 0.373. The SMILES string of the molecule is CN(CCc1cccs1)Cc1ccc(C(N)=NO)cc1F. The molecule has 0 saturated carbocycles. The number of nitrogens with two attached hydrogens (primary N) is 1. The minimum Gasteiger partial charge on any atom is -0.409 e. The van der Waals surface area contributed by atoms with Gasteiger partial charge in [-0.15, -0.1) is 11.3 Å². The topological polar surface area (TPSA) is 61.8 Å². The maximum Gasteiger partial charge on any atom is 0.170 e. The van der Waals surface area contributed by atoms with Crippen LogP contribution in [-0.2, 0) is 13.0 Å². The highest BCUT2D eigenvalue weighted by Gasteiger charge is 2.09. The molecule has 0 saturated heterocycles. The second-order valence-electron chi connectivity index (χ2n) is 4.86. The van der Waals surface area contributed by atoms with Gasteiger partial charge in [0.25, 0.3) is 0 Å². The van der Waals surface area contributed by atoms with Gasteiger partial charge in [-0.1, -0.05) is 23.4 Å². The molecule has 2 aromatic rings. The Bertz CT molecular complexity index is 613. The Hall–Kier alpha value is -1.92. The van der Waals surface area contributed by atoms with Crippen LogP contribution in [0.3, 0.4) is 0 Å². The largest absolute Gasteiger partial charge is 0.409 e. The smallest absolute Gasteiger partial charge is 0.170 e. The third kappa shape index (κ3) is 4.27. The fourth-order valence-corrected chi connectivity index (χ4v) is 2.72. The predicted octanol–water partition coefficient (Wildman–Crippen LogP) is 2.66. The van der Waals surface area contributed by atoms with E-state index in [2.05, 4.69) is 21.5 Å². The van der Waals surface area contributed by atoms with Crippen LogP contribution >= 0.6 is 11.3 Å². The predicted molar refractivity (Wildman–Crippen MR) is 83.3 cm³/mol. The molecule has 4 nitrogen and oxygen atoms in total. The lowest BCUT2D eigenvalue weighted by Gasteiger charge is -2.17. The number of rotatable bonds is 6. The number of benzene rings is 1. The second kappa shape index (κ2) is 7.19. The maximum atomic E-state index is 14.0. The molecule has 0 aliphatic carbocycles. The van der Waals surface area contributed by atoms with Crippen LogP contribution in [0.25, 0.3) is 0 Å². The van der Waals surface area contributed by atoms with Crippen molar-refractivity contribution in [1.82, 2.24) is 4.90 Å². The van der Waals surface area contributed by atoms with Gasteiger partial charge in [0.15, 0.2) is 5.84 Å². The number of hydrogen-bond donors (Lipinski definition) is 2. The van der Waals surface area contributed by atoms with E-state index < -0.39 is 0 Å². The molecule has 0 spiro atoms. The molecule has 0 atom stereocenters. The molecule has 1 aromatic carbocycles. The summed E-state index contributed by atoms with van der Waals surface area (Å²) in [6.45, 7) is 1.38. The molecule has 0 radical (unpaired) electrons. The Morgan fingerprint density at radius 3 is 2.86 bits per heavy atom. The monoisotopic (exact) mass is 307 g/mol. The molecular weight excluding hydrogens is 289 g/mol.